The molecule has 0 heterocycles. The van der Waals surface area contributed by atoms with Crippen molar-refractivity contribution in [1.29, 1.82) is 0 Å². The average Bonchev–Trinajstić information content (AvgIpc) is 1.96. The molecular formula is C8H9F9. The number of alkyl halides is 9. The SMILES string of the molecule is CCCCC(C(F)(F)F)(C(F)(F)F)C(F)(F)F. The van der Waals surface area contributed by atoms with Crippen LogP contribution in [0.15, 0.2) is 0 Å². The van der Waals surface area contributed by atoms with E-state index in [0.717, 1.165) is 0 Å². The van der Waals surface area contributed by atoms with Gasteiger partial charge in [0.05, 0.1) is 0 Å². The van der Waals surface area contributed by atoms with Crippen molar-refractivity contribution in [1.82, 2.24) is 0 Å². The predicted octanol–water partition coefficient (Wildman–Crippen LogP) is 4.85. The fraction of sp³-hybridized carbons (Fsp3) is 1.00. The van der Waals surface area contributed by atoms with Crippen molar-refractivity contribution in [3.05, 3.63) is 0 Å². The van der Waals surface area contributed by atoms with Crippen molar-refractivity contribution >= 4 is 0 Å². The van der Waals surface area contributed by atoms with Crippen LogP contribution in [0, 0.1) is 5.41 Å². The van der Waals surface area contributed by atoms with Crippen molar-refractivity contribution < 1.29 is 39.5 Å². The zero-order chi connectivity index (χ0) is 14.1. The van der Waals surface area contributed by atoms with Crippen LogP contribution in [0.1, 0.15) is 26.2 Å². The Kier molecular flexibility index (Phi) is 4.40. The Morgan fingerprint density at radius 1 is 0.647 bits per heavy atom. The highest BCUT2D eigenvalue weighted by Crippen LogP contribution is 2.61. The van der Waals surface area contributed by atoms with Gasteiger partial charge in [0.25, 0.3) is 5.41 Å². The van der Waals surface area contributed by atoms with E-state index < -0.39 is 36.8 Å². The number of hydrogen-bond acceptors (Lipinski definition) is 0. The molecule has 0 unspecified atom stereocenters. The molecule has 0 aromatic carbocycles. The van der Waals surface area contributed by atoms with E-state index in [1.807, 2.05) is 0 Å². The molecule has 0 spiro atoms. The summed E-state index contributed by atoms with van der Waals surface area (Å²) in [6, 6.07) is 0. The highest BCUT2D eigenvalue weighted by Gasteiger charge is 2.82. The third-order valence-corrected chi connectivity index (χ3v) is 2.36. The Bertz CT molecular complexity index is 207. The Hall–Kier alpha value is -0.630. The number of halogens is 9. The first-order valence-corrected chi connectivity index (χ1v) is 4.51. The van der Waals surface area contributed by atoms with Crippen molar-refractivity contribution in [3.8, 4) is 0 Å². The molecule has 17 heavy (non-hydrogen) atoms. The van der Waals surface area contributed by atoms with Crippen molar-refractivity contribution in [2.24, 2.45) is 5.41 Å². The molecule has 9 heteroatoms. The smallest absolute Gasteiger partial charge is 0.170 e. The zero-order valence-corrected chi connectivity index (χ0v) is 8.52. The van der Waals surface area contributed by atoms with E-state index >= 15 is 0 Å². The largest absolute Gasteiger partial charge is 0.412 e. The molecule has 0 saturated heterocycles. The van der Waals surface area contributed by atoms with E-state index in [0.29, 0.717) is 0 Å². The van der Waals surface area contributed by atoms with E-state index in [1.165, 1.54) is 6.92 Å². The highest BCUT2D eigenvalue weighted by molar-refractivity contribution is 4.98. The summed E-state index contributed by atoms with van der Waals surface area (Å²) in [5.41, 5.74) is -5.64. The van der Waals surface area contributed by atoms with Gasteiger partial charge in [-0.3, -0.25) is 0 Å². The second kappa shape index (κ2) is 4.56. The second-order valence-electron chi connectivity index (χ2n) is 3.50. The summed E-state index contributed by atoms with van der Waals surface area (Å²) in [7, 11) is 0. The second-order valence-corrected chi connectivity index (χ2v) is 3.50. The first kappa shape index (κ1) is 16.4. The molecule has 0 amide bonds. The lowest BCUT2D eigenvalue weighted by Gasteiger charge is -2.38. The molecule has 104 valence electrons. The summed E-state index contributed by atoms with van der Waals surface area (Å²) in [5, 5.41) is 0. The number of rotatable bonds is 3. The molecule has 0 nitrogen and oxygen atoms in total. The fourth-order valence-electron chi connectivity index (χ4n) is 1.35. The van der Waals surface area contributed by atoms with Gasteiger partial charge < -0.3 is 0 Å². The van der Waals surface area contributed by atoms with Gasteiger partial charge >= 0.3 is 18.5 Å². The van der Waals surface area contributed by atoms with Crippen LogP contribution in [-0.4, -0.2) is 18.5 Å². The molecule has 0 aromatic heterocycles. The normalized spacial score (nSPS) is 15.2. The minimum atomic E-state index is -6.42. The molecule has 0 aliphatic heterocycles. The van der Waals surface area contributed by atoms with Gasteiger partial charge in [-0.15, -0.1) is 0 Å². The van der Waals surface area contributed by atoms with E-state index in [-0.39, 0.29) is 6.42 Å². The lowest BCUT2D eigenvalue weighted by atomic mass is 9.80. The summed E-state index contributed by atoms with van der Waals surface area (Å²) in [4.78, 5) is 0. The minimum Gasteiger partial charge on any atom is -0.170 e. The molecule has 0 radical (unpaired) electrons. The third-order valence-electron chi connectivity index (χ3n) is 2.36. The van der Waals surface area contributed by atoms with Gasteiger partial charge in [-0.25, -0.2) is 0 Å². The molecule has 0 aliphatic rings. The van der Waals surface area contributed by atoms with Gasteiger partial charge in [-0.2, -0.15) is 39.5 Å². The van der Waals surface area contributed by atoms with E-state index in [2.05, 4.69) is 0 Å². The molecule has 0 bridgehead atoms. The molecule has 0 rings (SSSR count). The van der Waals surface area contributed by atoms with Gasteiger partial charge in [0, 0.05) is 0 Å². The first-order valence-electron chi connectivity index (χ1n) is 4.51. The topological polar surface area (TPSA) is 0 Å². The summed E-state index contributed by atoms with van der Waals surface area (Å²) >= 11 is 0. The molecule has 0 aromatic rings. The quantitative estimate of drug-likeness (QED) is 0.646. The van der Waals surface area contributed by atoms with Crippen molar-refractivity contribution in [2.75, 3.05) is 0 Å². The molecule has 0 saturated carbocycles. The lowest BCUT2D eigenvalue weighted by Crippen LogP contribution is -2.59. The summed E-state index contributed by atoms with van der Waals surface area (Å²) in [5.74, 6) is 0. The van der Waals surface area contributed by atoms with Crippen LogP contribution in [0.3, 0.4) is 0 Å². The first-order chi connectivity index (χ1) is 7.31. The van der Waals surface area contributed by atoms with Crippen molar-refractivity contribution in [2.45, 2.75) is 44.7 Å². The van der Waals surface area contributed by atoms with Gasteiger partial charge in [0.1, 0.15) is 0 Å². The monoisotopic (exact) mass is 276 g/mol. The van der Waals surface area contributed by atoms with Crippen LogP contribution in [-0.2, 0) is 0 Å². The summed E-state index contributed by atoms with van der Waals surface area (Å²) in [6.45, 7) is 1.20. The highest BCUT2D eigenvalue weighted by atomic mass is 19.4. The number of unbranched alkanes of at least 4 members (excludes halogenated alkanes) is 1. The van der Waals surface area contributed by atoms with Crippen LogP contribution in [0.5, 0.6) is 0 Å². The Morgan fingerprint density at radius 2 is 0.941 bits per heavy atom. The summed E-state index contributed by atoms with van der Waals surface area (Å²) in [6.07, 6.45) is -22.3. The van der Waals surface area contributed by atoms with Gasteiger partial charge in [0.15, 0.2) is 0 Å². The third kappa shape index (κ3) is 2.79. The molecule has 0 atom stereocenters. The Morgan fingerprint density at radius 3 is 1.12 bits per heavy atom. The zero-order valence-electron chi connectivity index (χ0n) is 8.52. The fourth-order valence-corrected chi connectivity index (χ4v) is 1.35. The van der Waals surface area contributed by atoms with Crippen molar-refractivity contribution in [3.63, 3.8) is 0 Å². The molecule has 0 fully saturated rings. The van der Waals surface area contributed by atoms with Gasteiger partial charge in [-0.05, 0) is 6.42 Å². The van der Waals surface area contributed by atoms with E-state index in [4.69, 9.17) is 0 Å². The van der Waals surface area contributed by atoms with E-state index in [1.54, 1.807) is 0 Å². The molecule has 0 N–H and O–H groups in total. The van der Waals surface area contributed by atoms with Crippen LogP contribution in [0.25, 0.3) is 0 Å². The average molecular weight is 276 g/mol. The lowest BCUT2D eigenvalue weighted by molar-refractivity contribution is -0.429. The maximum Gasteiger partial charge on any atom is 0.412 e. The molecule has 0 aliphatic carbocycles. The Labute approximate surface area is 90.8 Å². The number of hydrogen-bond donors (Lipinski definition) is 0. The van der Waals surface area contributed by atoms with Gasteiger partial charge in [0.2, 0.25) is 0 Å². The standard InChI is InChI=1S/C8H9F9/c1-2-3-4-5(6(9,10)11,7(12,13)14)8(15,16)17/h2-4H2,1H3. The Balaban J connectivity index is 5.75. The predicted molar refractivity (Wildman–Crippen MR) is 40.1 cm³/mol. The maximum atomic E-state index is 12.3. The van der Waals surface area contributed by atoms with Crippen LogP contribution >= 0.6 is 0 Å². The summed E-state index contributed by atoms with van der Waals surface area (Å²) < 4.78 is 110. The van der Waals surface area contributed by atoms with E-state index in [9.17, 15) is 39.5 Å². The minimum absolute atomic E-state index is 0.204. The maximum absolute atomic E-state index is 12.3. The van der Waals surface area contributed by atoms with Crippen LogP contribution < -0.4 is 0 Å². The molecular weight excluding hydrogens is 267 g/mol. The van der Waals surface area contributed by atoms with Gasteiger partial charge in [-0.1, -0.05) is 19.8 Å². The van der Waals surface area contributed by atoms with Crippen LogP contribution in [0.4, 0.5) is 39.5 Å². The van der Waals surface area contributed by atoms with Crippen LogP contribution in [0.2, 0.25) is 0 Å².